The standard InChI is InChI=1S/C12H19NO4/c1-3-7-17-12(16)13-8-9(4-2)5-6-10(13)11(14)15/h3,9-10H,1,4-8H2,2H3,(H,14,15). The molecule has 0 aromatic heterocycles. The number of rotatable bonds is 4. The van der Waals surface area contributed by atoms with Crippen LogP contribution in [-0.2, 0) is 9.53 Å². The normalized spacial score (nSPS) is 24.2. The van der Waals surface area contributed by atoms with Gasteiger partial charge in [-0.1, -0.05) is 26.0 Å². The topological polar surface area (TPSA) is 66.8 Å². The van der Waals surface area contributed by atoms with Gasteiger partial charge < -0.3 is 9.84 Å². The molecule has 0 spiro atoms. The molecular formula is C12H19NO4. The highest BCUT2D eigenvalue weighted by Gasteiger charge is 2.36. The smallest absolute Gasteiger partial charge is 0.410 e. The van der Waals surface area contributed by atoms with Gasteiger partial charge in [-0.2, -0.15) is 0 Å². The Morgan fingerprint density at radius 3 is 2.76 bits per heavy atom. The van der Waals surface area contributed by atoms with Gasteiger partial charge in [0.2, 0.25) is 0 Å². The monoisotopic (exact) mass is 241 g/mol. The van der Waals surface area contributed by atoms with Gasteiger partial charge in [-0.3, -0.25) is 4.90 Å². The van der Waals surface area contributed by atoms with Crippen molar-refractivity contribution in [3.8, 4) is 0 Å². The number of nitrogens with zero attached hydrogens (tertiary/aromatic N) is 1. The fourth-order valence-corrected chi connectivity index (χ4v) is 2.05. The van der Waals surface area contributed by atoms with Crippen molar-refractivity contribution in [1.29, 1.82) is 0 Å². The van der Waals surface area contributed by atoms with Crippen LogP contribution in [-0.4, -0.2) is 41.3 Å². The molecule has 1 aliphatic rings. The van der Waals surface area contributed by atoms with Crippen LogP contribution in [0.5, 0.6) is 0 Å². The van der Waals surface area contributed by atoms with Crippen LogP contribution in [0.1, 0.15) is 26.2 Å². The molecule has 2 unspecified atom stereocenters. The van der Waals surface area contributed by atoms with Gasteiger partial charge in [-0.05, 0) is 18.8 Å². The predicted molar refractivity (Wildman–Crippen MR) is 62.7 cm³/mol. The fraction of sp³-hybridized carbons (Fsp3) is 0.667. The molecule has 17 heavy (non-hydrogen) atoms. The Kier molecular flexibility index (Phi) is 5.00. The fourth-order valence-electron chi connectivity index (χ4n) is 2.05. The summed E-state index contributed by atoms with van der Waals surface area (Å²) in [5, 5.41) is 9.07. The molecule has 0 aromatic rings. The number of carbonyl (C=O) groups is 2. The first-order chi connectivity index (χ1) is 8.10. The van der Waals surface area contributed by atoms with Crippen molar-refractivity contribution in [3.63, 3.8) is 0 Å². The molecule has 2 atom stereocenters. The lowest BCUT2D eigenvalue weighted by molar-refractivity contribution is -0.144. The zero-order valence-electron chi connectivity index (χ0n) is 10.1. The minimum atomic E-state index is -0.963. The van der Waals surface area contributed by atoms with Gasteiger partial charge in [0.25, 0.3) is 0 Å². The van der Waals surface area contributed by atoms with Crippen molar-refractivity contribution in [3.05, 3.63) is 12.7 Å². The van der Waals surface area contributed by atoms with Crippen molar-refractivity contribution < 1.29 is 19.4 Å². The summed E-state index contributed by atoms with van der Waals surface area (Å²) in [5.41, 5.74) is 0. The number of likely N-dealkylation sites (tertiary alicyclic amines) is 1. The highest BCUT2D eigenvalue weighted by atomic mass is 16.6. The minimum absolute atomic E-state index is 0.110. The molecule has 0 aromatic carbocycles. The SMILES string of the molecule is C=CCOC(=O)N1CC(CC)CCC1C(=O)O. The second-order valence-electron chi connectivity index (χ2n) is 4.22. The summed E-state index contributed by atoms with van der Waals surface area (Å²) in [6.45, 7) is 6.06. The third-order valence-electron chi connectivity index (χ3n) is 3.10. The second-order valence-corrected chi connectivity index (χ2v) is 4.22. The van der Waals surface area contributed by atoms with Gasteiger partial charge in [-0.25, -0.2) is 9.59 Å². The Bertz CT molecular complexity index is 303. The van der Waals surface area contributed by atoms with E-state index in [9.17, 15) is 9.59 Å². The van der Waals surface area contributed by atoms with Crippen LogP contribution in [0.25, 0.3) is 0 Å². The molecule has 5 heteroatoms. The van der Waals surface area contributed by atoms with Gasteiger partial charge >= 0.3 is 12.1 Å². The quantitative estimate of drug-likeness (QED) is 0.763. The lowest BCUT2D eigenvalue weighted by Gasteiger charge is -2.36. The molecule has 0 bridgehead atoms. The van der Waals surface area contributed by atoms with Gasteiger partial charge in [0, 0.05) is 6.54 Å². The van der Waals surface area contributed by atoms with Crippen LogP contribution >= 0.6 is 0 Å². The first-order valence-corrected chi connectivity index (χ1v) is 5.87. The molecule has 1 amide bonds. The Hall–Kier alpha value is -1.52. The van der Waals surface area contributed by atoms with E-state index in [0.29, 0.717) is 18.9 Å². The number of carboxylic acids is 1. The van der Waals surface area contributed by atoms with Gasteiger partial charge in [0.1, 0.15) is 12.6 Å². The van der Waals surface area contributed by atoms with Gasteiger partial charge in [0.15, 0.2) is 0 Å². The number of carbonyl (C=O) groups excluding carboxylic acids is 1. The number of carboxylic acid groups (broad SMARTS) is 1. The van der Waals surface area contributed by atoms with E-state index in [4.69, 9.17) is 9.84 Å². The molecule has 1 fully saturated rings. The zero-order valence-corrected chi connectivity index (χ0v) is 10.1. The number of ether oxygens (including phenoxy) is 1. The van der Waals surface area contributed by atoms with E-state index in [1.165, 1.54) is 11.0 Å². The van der Waals surface area contributed by atoms with Crippen LogP contribution in [0, 0.1) is 5.92 Å². The van der Waals surface area contributed by atoms with E-state index < -0.39 is 18.1 Å². The molecule has 0 radical (unpaired) electrons. The largest absolute Gasteiger partial charge is 0.480 e. The maximum atomic E-state index is 11.7. The maximum absolute atomic E-state index is 11.7. The molecule has 0 saturated carbocycles. The molecule has 1 rings (SSSR count). The summed E-state index contributed by atoms with van der Waals surface area (Å²) in [6.07, 6.45) is 3.19. The van der Waals surface area contributed by atoms with E-state index in [-0.39, 0.29) is 6.61 Å². The molecule has 1 N–H and O–H groups in total. The third kappa shape index (κ3) is 3.47. The van der Waals surface area contributed by atoms with Crippen molar-refractivity contribution >= 4 is 12.1 Å². The van der Waals surface area contributed by atoms with Crippen LogP contribution < -0.4 is 0 Å². The number of hydrogen-bond acceptors (Lipinski definition) is 3. The summed E-state index contributed by atoms with van der Waals surface area (Å²) in [7, 11) is 0. The van der Waals surface area contributed by atoms with Crippen molar-refractivity contribution in [2.75, 3.05) is 13.2 Å². The van der Waals surface area contributed by atoms with E-state index in [1.807, 2.05) is 6.92 Å². The van der Waals surface area contributed by atoms with Crippen LogP contribution in [0.15, 0.2) is 12.7 Å². The maximum Gasteiger partial charge on any atom is 0.410 e. The van der Waals surface area contributed by atoms with Crippen LogP contribution in [0.4, 0.5) is 4.79 Å². The third-order valence-corrected chi connectivity index (χ3v) is 3.10. The van der Waals surface area contributed by atoms with Crippen LogP contribution in [0.3, 0.4) is 0 Å². The number of amides is 1. The predicted octanol–water partition coefficient (Wildman–Crippen LogP) is 1.88. The summed E-state index contributed by atoms with van der Waals surface area (Å²) < 4.78 is 4.91. The summed E-state index contributed by atoms with van der Waals surface area (Å²) >= 11 is 0. The number of piperidine rings is 1. The second kappa shape index (κ2) is 6.27. The summed E-state index contributed by atoms with van der Waals surface area (Å²) in [4.78, 5) is 24.1. The molecule has 1 heterocycles. The van der Waals surface area contributed by atoms with Gasteiger partial charge in [0.05, 0.1) is 0 Å². The lowest BCUT2D eigenvalue weighted by Crippen LogP contribution is -2.50. The summed E-state index contributed by atoms with van der Waals surface area (Å²) in [5.74, 6) is -0.600. The molecule has 0 aliphatic carbocycles. The highest BCUT2D eigenvalue weighted by molar-refractivity contribution is 5.80. The average Bonchev–Trinajstić information content (AvgIpc) is 2.34. The minimum Gasteiger partial charge on any atom is -0.480 e. The molecule has 1 aliphatic heterocycles. The van der Waals surface area contributed by atoms with E-state index >= 15 is 0 Å². The van der Waals surface area contributed by atoms with Crippen molar-refractivity contribution in [2.45, 2.75) is 32.2 Å². The Morgan fingerprint density at radius 1 is 1.53 bits per heavy atom. The summed E-state index contributed by atoms with van der Waals surface area (Å²) in [6, 6.07) is -0.755. The Balaban J connectivity index is 2.69. The number of hydrogen-bond donors (Lipinski definition) is 1. The number of aliphatic carboxylic acids is 1. The zero-order chi connectivity index (χ0) is 12.8. The Morgan fingerprint density at radius 2 is 2.24 bits per heavy atom. The lowest BCUT2D eigenvalue weighted by atomic mass is 9.91. The first kappa shape index (κ1) is 13.5. The Labute approximate surface area is 101 Å². The highest BCUT2D eigenvalue weighted by Crippen LogP contribution is 2.25. The van der Waals surface area contributed by atoms with Gasteiger partial charge in [-0.15, -0.1) is 0 Å². The van der Waals surface area contributed by atoms with E-state index in [1.54, 1.807) is 0 Å². The van der Waals surface area contributed by atoms with E-state index in [0.717, 1.165) is 12.8 Å². The molecule has 5 nitrogen and oxygen atoms in total. The van der Waals surface area contributed by atoms with E-state index in [2.05, 4.69) is 6.58 Å². The molecule has 96 valence electrons. The van der Waals surface area contributed by atoms with Crippen molar-refractivity contribution in [1.82, 2.24) is 4.90 Å². The average molecular weight is 241 g/mol. The van der Waals surface area contributed by atoms with Crippen LogP contribution in [0.2, 0.25) is 0 Å². The van der Waals surface area contributed by atoms with Crippen molar-refractivity contribution in [2.24, 2.45) is 5.92 Å². The molecular weight excluding hydrogens is 222 g/mol. The first-order valence-electron chi connectivity index (χ1n) is 5.87. The molecule has 1 saturated heterocycles.